The van der Waals surface area contributed by atoms with Gasteiger partial charge in [-0.3, -0.25) is 0 Å². The first-order valence-corrected chi connectivity index (χ1v) is 8.40. The van der Waals surface area contributed by atoms with Gasteiger partial charge in [0.15, 0.2) is 5.96 Å². The summed E-state index contributed by atoms with van der Waals surface area (Å²) < 4.78 is 0. The Morgan fingerprint density at radius 3 is 2.41 bits per heavy atom. The third-order valence-corrected chi connectivity index (χ3v) is 4.43. The minimum atomic E-state index is 0.280. The van der Waals surface area contributed by atoms with Gasteiger partial charge in [0.1, 0.15) is 5.75 Å². The zero-order valence-electron chi connectivity index (χ0n) is 13.1. The molecule has 0 spiro atoms. The van der Waals surface area contributed by atoms with Crippen LogP contribution in [0.25, 0.3) is 0 Å². The SMILES string of the molecule is CCNC(=NCc1ccc(O)cc1)NCc1ccc(CC)s1. The maximum Gasteiger partial charge on any atom is 0.191 e. The molecule has 0 saturated heterocycles. The number of phenolic OH excluding ortho intramolecular Hbond substituents is 1. The largest absolute Gasteiger partial charge is 0.508 e. The van der Waals surface area contributed by atoms with Gasteiger partial charge in [-0.05, 0) is 43.2 Å². The Hall–Kier alpha value is -2.01. The standard InChI is InChI=1S/C17H23N3OS/c1-3-15-9-10-16(22-15)12-20-17(18-4-2)19-11-13-5-7-14(21)8-6-13/h5-10,21H,3-4,11-12H2,1-2H3,(H2,18,19,20). The van der Waals surface area contributed by atoms with E-state index in [9.17, 15) is 5.11 Å². The van der Waals surface area contributed by atoms with Crippen molar-refractivity contribution in [3.05, 3.63) is 51.7 Å². The molecule has 0 aliphatic rings. The number of rotatable bonds is 6. The van der Waals surface area contributed by atoms with E-state index >= 15 is 0 Å². The summed E-state index contributed by atoms with van der Waals surface area (Å²) >= 11 is 1.84. The molecule has 2 aromatic rings. The van der Waals surface area contributed by atoms with Gasteiger partial charge in [0.2, 0.25) is 0 Å². The van der Waals surface area contributed by atoms with Crippen LogP contribution in [0.15, 0.2) is 41.4 Å². The van der Waals surface area contributed by atoms with E-state index in [1.165, 1.54) is 9.75 Å². The maximum atomic E-state index is 9.29. The van der Waals surface area contributed by atoms with E-state index in [0.29, 0.717) is 6.54 Å². The highest BCUT2D eigenvalue weighted by atomic mass is 32.1. The number of hydrogen-bond acceptors (Lipinski definition) is 3. The van der Waals surface area contributed by atoms with Crippen LogP contribution in [0.4, 0.5) is 0 Å². The van der Waals surface area contributed by atoms with Crippen LogP contribution in [0.2, 0.25) is 0 Å². The second-order valence-electron chi connectivity index (χ2n) is 4.94. The van der Waals surface area contributed by atoms with Crippen LogP contribution in [0.5, 0.6) is 5.75 Å². The molecule has 3 N–H and O–H groups in total. The summed E-state index contributed by atoms with van der Waals surface area (Å²) in [5.41, 5.74) is 1.07. The summed E-state index contributed by atoms with van der Waals surface area (Å²) in [5, 5.41) is 15.9. The topological polar surface area (TPSA) is 56.7 Å². The van der Waals surface area contributed by atoms with E-state index in [1.807, 2.05) is 23.5 Å². The lowest BCUT2D eigenvalue weighted by atomic mass is 10.2. The van der Waals surface area contributed by atoms with Crippen LogP contribution >= 0.6 is 11.3 Å². The average molecular weight is 317 g/mol. The van der Waals surface area contributed by atoms with Crippen molar-refractivity contribution in [3.8, 4) is 5.75 Å². The predicted molar refractivity (Wildman–Crippen MR) is 93.5 cm³/mol. The lowest BCUT2D eigenvalue weighted by molar-refractivity contribution is 0.475. The van der Waals surface area contributed by atoms with Crippen molar-refractivity contribution >= 4 is 17.3 Å². The van der Waals surface area contributed by atoms with E-state index < -0.39 is 0 Å². The van der Waals surface area contributed by atoms with Gasteiger partial charge in [-0.1, -0.05) is 19.1 Å². The highest BCUT2D eigenvalue weighted by Crippen LogP contribution is 2.16. The number of hydrogen-bond donors (Lipinski definition) is 3. The number of nitrogens with zero attached hydrogens (tertiary/aromatic N) is 1. The van der Waals surface area contributed by atoms with Crippen LogP contribution in [0.1, 0.15) is 29.2 Å². The molecule has 0 atom stereocenters. The molecule has 5 heteroatoms. The molecule has 2 rings (SSSR count). The Morgan fingerprint density at radius 2 is 1.77 bits per heavy atom. The number of aromatic hydroxyl groups is 1. The monoisotopic (exact) mass is 317 g/mol. The van der Waals surface area contributed by atoms with Gasteiger partial charge in [0.25, 0.3) is 0 Å². The molecule has 118 valence electrons. The summed E-state index contributed by atoms with van der Waals surface area (Å²) in [6.45, 7) is 6.42. The molecule has 1 aromatic carbocycles. The number of thiophene rings is 1. The summed E-state index contributed by atoms with van der Waals surface area (Å²) in [7, 11) is 0. The number of aliphatic imine (C=N–C) groups is 1. The molecule has 0 fully saturated rings. The van der Waals surface area contributed by atoms with Gasteiger partial charge in [-0.15, -0.1) is 11.3 Å². The van der Waals surface area contributed by atoms with Gasteiger partial charge < -0.3 is 15.7 Å². The fourth-order valence-electron chi connectivity index (χ4n) is 1.99. The van der Waals surface area contributed by atoms with Crippen molar-refractivity contribution < 1.29 is 5.11 Å². The molecule has 1 aromatic heterocycles. The molecule has 0 bridgehead atoms. The molecule has 0 saturated carbocycles. The lowest BCUT2D eigenvalue weighted by Gasteiger charge is -2.10. The van der Waals surface area contributed by atoms with Crippen molar-refractivity contribution in [1.82, 2.24) is 10.6 Å². The molecule has 4 nitrogen and oxygen atoms in total. The van der Waals surface area contributed by atoms with Crippen LogP contribution in [-0.2, 0) is 19.5 Å². The minimum absolute atomic E-state index is 0.280. The number of phenols is 1. The lowest BCUT2D eigenvalue weighted by Crippen LogP contribution is -2.36. The summed E-state index contributed by atoms with van der Waals surface area (Å²) in [4.78, 5) is 7.29. The van der Waals surface area contributed by atoms with Gasteiger partial charge in [0, 0.05) is 16.3 Å². The van der Waals surface area contributed by atoms with Crippen molar-refractivity contribution in [2.75, 3.05) is 6.54 Å². The van der Waals surface area contributed by atoms with Crippen LogP contribution in [0, 0.1) is 0 Å². The number of benzene rings is 1. The Bertz CT molecular complexity index is 605. The second kappa shape index (κ2) is 8.44. The van der Waals surface area contributed by atoms with Crippen LogP contribution < -0.4 is 10.6 Å². The Balaban J connectivity index is 1.93. The molecule has 0 amide bonds. The Labute approximate surface area is 135 Å². The first-order chi connectivity index (χ1) is 10.7. The molecule has 0 unspecified atom stereocenters. The molecule has 0 aliphatic heterocycles. The smallest absolute Gasteiger partial charge is 0.191 e. The van der Waals surface area contributed by atoms with Gasteiger partial charge in [-0.2, -0.15) is 0 Å². The van der Waals surface area contributed by atoms with Crippen molar-refractivity contribution in [3.63, 3.8) is 0 Å². The van der Waals surface area contributed by atoms with Crippen LogP contribution in [-0.4, -0.2) is 17.6 Å². The third kappa shape index (κ3) is 5.07. The number of nitrogens with one attached hydrogen (secondary N) is 2. The maximum absolute atomic E-state index is 9.29. The first-order valence-electron chi connectivity index (χ1n) is 7.59. The Kier molecular flexibility index (Phi) is 6.27. The average Bonchev–Trinajstić information content (AvgIpc) is 3.00. The zero-order valence-corrected chi connectivity index (χ0v) is 13.9. The van der Waals surface area contributed by atoms with Gasteiger partial charge in [-0.25, -0.2) is 4.99 Å². The predicted octanol–water partition coefficient (Wildman–Crippen LogP) is 3.27. The second-order valence-corrected chi connectivity index (χ2v) is 6.19. The van der Waals surface area contributed by atoms with Crippen molar-refractivity contribution in [1.29, 1.82) is 0 Å². The van der Waals surface area contributed by atoms with E-state index in [4.69, 9.17) is 0 Å². The first kappa shape index (κ1) is 16.4. The molecule has 22 heavy (non-hydrogen) atoms. The van der Waals surface area contributed by atoms with Crippen molar-refractivity contribution in [2.24, 2.45) is 4.99 Å². The summed E-state index contributed by atoms with van der Waals surface area (Å²) in [5.74, 6) is 1.09. The summed E-state index contributed by atoms with van der Waals surface area (Å²) in [6.07, 6.45) is 1.08. The van der Waals surface area contributed by atoms with Crippen molar-refractivity contribution in [2.45, 2.75) is 33.4 Å². The number of guanidine groups is 1. The Morgan fingerprint density at radius 1 is 1.05 bits per heavy atom. The minimum Gasteiger partial charge on any atom is -0.508 e. The van der Waals surface area contributed by atoms with Gasteiger partial charge in [0.05, 0.1) is 13.1 Å². The highest BCUT2D eigenvalue weighted by Gasteiger charge is 2.01. The van der Waals surface area contributed by atoms with Gasteiger partial charge >= 0.3 is 0 Å². The highest BCUT2D eigenvalue weighted by molar-refractivity contribution is 7.11. The molecule has 0 radical (unpaired) electrons. The fourth-order valence-corrected chi connectivity index (χ4v) is 2.89. The van der Waals surface area contributed by atoms with E-state index in [0.717, 1.165) is 31.0 Å². The van der Waals surface area contributed by atoms with E-state index in [-0.39, 0.29) is 5.75 Å². The normalized spacial score (nSPS) is 11.5. The summed E-state index contributed by atoms with van der Waals surface area (Å²) in [6, 6.07) is 11.5. The number of aryl methyl sites for hydroxylation is 1. The zero-order chi connectivity index (χ0) is 15.8. The third-order valence-electron chi connectivity index (χ3n) is 3.20. The van der Waals surface area contributed by atoms with Crippen LogP contribution in [0.3, 0.4) is 0 Å². The fraction of sp³-hybridized carbons (Fsp3) is 0.353. The van der Waals surface area contributed by atoms with E-state index in [1.54, 1.807) is 12.1 Å². The quantitative estimate of drug-likeness (QED) is 0.566. The molecular weight excluding hydrogens is 294 g/mol. The molecule has 0 aliphatic carbocycles. The molecule has 1 heterocycles. The van der Waals surface area contributed by atoms with E-state index in [2.05, 4.69) is 41.6 Å². The molecular formula is C17H23N3OS.